The topological polar surface area (TPSA) is 39.1 Å². The Hall–Kier alpha value is -2.98. The Kier molecular flexibility index (Phi) is 4.48. The molecule has 5 rings (SSSR count). The van der Waals surface area contributed by atoms with Gasteiger partial charge in [-0.25, -0.2) is 4.39 Å². The number of hydrogen-bond acceptors (Lipinski definition) is 3. The standard InChI is InChI=1S/C26H26FN3/c1-17-12-24(29-21-10-8-20(27)9-11-21)19(14-28)13-22(17)26-16-30(2)15-23(26)25(26)18-6-4-3-5-7-18/h3-14,23,25,28-29H,15-16H2,1-2H3. The summed E-state index contributed by atoms with van der Waals surface area (Å²) in [6.45, 7) is 4.32. The molecule has 2 N–H and O–H groups in total. The smallest absolute Gasteiger partial charge is 0.123 e. The molecule has 0 spiro atoms. The molecule has 3 atom stereocenters. The summed E-state index contributed by atoms with van der Waals surface area (Å²) in [4.78, 5) is 2.43. The number of likely N-dealkylation sites (N-methyl/N-ethyl adjacent to an activating group) is 1. The Bertz CT molecular complexity index is 1090. The summed E-state index contributed by atoms with van der Waals surface area (Å²) in [7, 11) is 2.20. The summed E-state index contributed by atoms with van der Waals surface area (Å²) in [6, 6.07) is 21.5. The van der Waals surface area contributed by atoms with Crippen molar-refractivity contribution in [1.82, 2.24) is 4.90 Å². The number of hydrogen-bond donors (Lipinski definition) is 2. The van der Waals surface area contributed by atoms with Gasteiger partial charge in [0.05, 0.1) is 0 Å². The summed E-state index contributed by atoms with van der Waals surface area (Å²) in [5.41, 5.74) is 6.69. The van der Waals surface area contributed by atoms with Gasteiger partial charge < -0.3 is 15.6 Å². The molecule has 3 aromatic rings. The molecule has 0 aromatic heterocycles. The van der Waals surface area contributed by atoms with Gasteiger partial charge in [-0.3, -0.25) is 0 Å². The maximum absolute atomic E-state index is 13.2. The van der Waals surface area contributed by atoms with E-state index in [1.54, 1.807) is 12.1 Å². The highest BCUT2D eigenvalue weighted by Gasteiger charge is 2.69. The molecule has 0 amide bonds. The fourth-order valence-electron chi connectivity index (χ4n) is 5.63. The van der Waals surface area contributed by atoms with Crippen LogP contribution in [0, 0.1) is 24.1 Å². The molecule has 3 aromatic carbocycles. The second kappa shape index (κ2) is 7.06. The first-order chi connectivity index (χ1) is 14.5. The third kappa shape index (κ3) is 2.94. The largest absolute Gasteiger partial charge is 0.355 e. The van der Waals surface area contributed by atoms with Crippen LogP contribution in [0.25, 0.3) is 0 Å². The van der Waals surface area contributed by atoms with E-state index in [1.807, 2.05) is 0 Å². The molecular formula is C26H26FN3. The fraction of sp³-hybridized carbons (Fsp3) is 0.269. The summed E-state index contributed by atoms with van der Waals surface area (Å²) >= 11 is 0. The van der Waals surface area contributed by atoms with Crippen LogP contribution in [0.1, 0.15) is 28.2 Å². The molecule has 0 bridgehead atoms. The summed E-state index contributed by atoms with van der Waals surface area (Å²) in [6.07, 6.45) is 1.42. The van der Waals surface area contributed by atoms with E-state index in [-0.39, 0.29) is 11.2 Å². The van der Waals surface area contributed by atoms with Crippen molar-refractivity contribution >= 4 is 17.6 Å². The van der Waals surface area contributed by atoms with Crippen LogP contribution in [0.15, 0.2) is 66.7 Å². The van der Waals surface area contributed by atoms with Crippen LogP contribution in [-0.4, -0.2) is 31.3 Å². The average molecular weight is 400 g/mol. The number of piperidine rings is 1. The molecule has 152 valence electrons. The predicted octanol–water partition coefficient (Wildman–Crippen LogP) is 5.47. The number of rotatable bonds is 5. The summed E-state index contributed by atoms with van der Waals surface area (Å²) < 4.78 is 13.2. The van der Waals surface area contributed by atoms with E-state index in [4.69, 9.17) is 5.41 Å². The van der Waals surface area contributed by atoms with E-state index >= 15 is 0 Å². The van der Waals surface area contributed by atoms with Crippen LogP contribution in [0.4, 0.5) is 15.8 Å². The molecule has 1 heterocycles. The van der Waals surface area contributed by atoms with Gasteiger partial charge in [0.15, 0.2) is 0 Å². The minimum absolute atomic E-state index is 0.117. The average Bonchev–Trinajstić information content (AvgIpc) is 3.22. The normalized spacial score (nSPS) is 25.0. The molecule has 2 aliphatic rings. The molecule has 1 saturated heterocycles. The maximum atomic E-state index is 13.2. The first-order valence-electron chi connectivity index (χ1n) is 10.4. The van der Waals surface area contributed by atoms with Gasteiger partial charge in [0.2, 0.25) is 0 Å². The van der Waals surface area contributed by atoms with Crippen LogP contribution in [0.3, 0.4) is 0 Å². The Balaban J connectivity index is 1.54. The molecule has 3 unspecified atom stereocenters. The first-order valence-corrected chi connectivity index (χ1v) is 10.4. The fourth-order valence-corrected chi connectivity index (χ4v) is 5.63. The number of anilines is 2. The molecule has 4 heteroatoms. The molecule has 2 fully saturated rings. The monoisotopic (exact) mass is 399 g/mol. The molecular weight excluding hydrogens is 373 g/mol. The number of halogens is 1. The lowest BCUT2D eigenvalue weighted by atomic mass is 9.86. The van der Waals surface area contributed by atoms with Crippen molar-refractivity contribution in [3.05, 3.63) is 94.8 Å². The van der Waals surface area contributed by atoms with E-state index < -0.39 is 0 Å². The Labute approximate surface area is 177 Å². The number of nitrogens with zero attached hydrogens (tertiary/aromatic N) is 1. The van der Waals surface area contributed by atoms with E-state index in [9.17, 15) is 4.39 Å². The highest BCUT2D eigenvalue weighted by Crippen LogP contribution is 2.69. The van der Waals surface area contributed by atoms with E-state index in [0.717, 1.165) is 30.0 Å². The predicted molar refractivity (Wildman–Crippen MR) is 121 cm³/mol. The van der Waals surface area contributed by atoms with Crippen molar-refractivity contribution < 1.29 is 4.39 Å². The van der Waals surface area contributed by atoms with Crippen molar-refractivity contribution in [1.29, 1.82) is 5.41 Å². The Morgan fingerprint density at radius 3 is 2.53 bits per heavy atom. The summed E-state index contributed by atoms with van der Waals surface area (Å²) in [5.74, 6) is 0.886. The second-order valence-electron chi connectivity index (χ2n) is 8.76. The lowest BCUT2D eigenvalue weighted by molar-refractivity contribution is 0.352. The zero-order valence-electron chi connectivity index (χ0n) is 17.3. The van der Waals surface area contributed by atoms with Gasteiger partial charge in [0, 0.05) is 47.6 Å². The van der Waals surface area contributed by atoms with Gasteiger partial charge >= 0.3 is 0 Å². The zero-order valence-corrected chi connectivity index (χ0v) is 17.3. The third-order valence-corrected chi connectivity index (χ3v) is 6.89. The SMILES string of the molecule is Cc1cc(Nc2ccc(F)cc2)c(C=N)cc1C12CN(C)CC1C2c1ccccc1. The van der Waals surface area contributed by atoms with E-state index in [2.05, 4.69) is 66.7 Å². The lowest BCUT2D eigenvalue weighted by Crippen LogP contribution is -2.26. The highest BCUT2D eigenvalue weighted by atomic mass is 19.1. The number of aryl methyl sites for hydroxylation is 1. The van der Waals surface area contributed by atoms with E-state index in [0.29, 0.717) is 11.8 Å². The van der Waals surface area contributed by atoms with Gasteiger partial charge in [-0.1, -0.05) is 30.3 Å². The van der Waals surface area contributed by atoms with Gasteiger partial charge in [0.1, 0.15) is 5.82 Å². The molecule has 1 saturated carbocycles. The third-order valence-electron chi connectivity index (χ3n) is 6.89. The minimum Gasteiger partial charge on any atom is -0.355 e. The van der Waals surface area contributed by atoms with Crippen LogP contribution in [0.5, 0.6) is 0 Å². The van der Waals surface area contributed by atoms with Gasteiger partial charge in [0.25, 0.3) is 0 Å². The van der Waals surface area contributed by atoms with Crippen molar-refractivity contribution in [2.24, 2.45) is 5.92 Å². The molecule has 1 aliphatic carbocycles. The molecule has 3 nitrogen and oxygen atoms in total. The number of likely N-dealkylation sites (tertiary alicyclic amines) is 1. The van der Waals surface area contributed by atoms with Crippen molar-refractivity contribution in [2.45, 2.75) is 18.3 Å². The van der Waals surface area contributed by atoms with Crippen LogP contribution >= 0.6 is 0 Å². The van der Waals surface area contributed by atoms with Crippen LogP contribution < -0.4 is 5.32 Å². The number of nitrogens with one attached hydrogen (secondary N) is 2. The van der Waals surface area contributed by atoms with Crippen molar-refractivity contribution in [2.75, 3.05) is 25.5 Å². The van der Waals surface area contributed by atoms with Crippen molar-refractivity contribution in [3.63, 3.8) is 0 Å². The van der Waals surface area contributed by atoms with Crippen molar-refractivity contribution in [3.8, 4) is 0 Å². The summed E-state index contributed by atoms with van der Waals surface area (Å²) in [5, 5.41) is 11.4. The Morgan fingerprint density at radius 1 is 1.10 bits per heavy atom. The molecule has 0 radical (unpaired) electrons. The Morgan fingerprint density at radius 2 is 1.83 bits per heavy atom. The maximum Gasteiger partial charge on any atom is 0.123 e. The van der Waals surface area contributed by atoms with Crippen LogP contribution in [-0.2, 0) is 5.41 Å². The van der Waals surface area contributed by atoms with Gasteiger partial charge in [-0.2, -0.15) is 0 Å². The number of benzene rings is 3. The zero-order chi connectivity index (χ0) is 20.9. The number of fused-ring (bicyclic) bond motifs is 1. The molecule has 30 heavy (non-hydrogen) atoms. The first kappa shape index (κ1) is 19.0. The highest BCUT2D eigenvalue weighted by molar-refractivity contribution is 5.88. The van der Waals surface area contributed by atoms with Gasteiger partial charge in [-0.15, -0.1) is 0 Å². The molecule has 1 aliphatic heterocycles. The second-order valence-corrected chi connectivity index (χ2v) is 8.76. The van der Waals surface area contributed by atoms with Crippen LogP contribution in [0.2, 0.25) is 0 Å². The quantitative estimate of drug-likeness (QED) is 0.558. The minimum atomic E-state index is -0.254. The lowest BCUT2D eigenvalue weighted by Gasteiger charge is -2.24. The van der Waals surface area contributed by atoms with Gasteiger partial charge in [-0.05, 0) is 73.0 Å². The van der Waals surface area contributed by atoms with E-state index in [1.165, 1.54) is 35.0 Å².